The van der Waals surface area contributed by atoms with Crippen molar-refractivity contribution in [2.75, 3.05) is 13.7 Å². The number of halogens is 1. The van der Waals surface area contributed by atoms with Crippen LogP contribution in [0.4, 0.5) is 0 Å². The highest BCUT2D eigenvalue weighted by molar-refractivity contribution is 9.10. The minimum Gasteiger partial charge on any atom is -0.496 e. The number of aliphatic hydroxyl groups is 1. The van der Waals surface area contributed by atoms with Gasteiger partial charge in [0.25, 0.3) is 0 Å². The Labute approximate surface area is 123 Å². The molecule has 0 radical (unpaired) electrons. The van der Waals surface area contributed by atoms with Crippen LogP contribution in [0.1, 0.15) is 31.2 Å². The first kappa shape index (κ1) is 13.4. The van der Waals surface area contributed by atoms with Gasteiger partial charge in [-0.15, -0.1) is 0 Å². The van der Waals surface area contributed by atoms with E-state index in [0.29, 0.717) is 6.61 Å². The highest BCUT2D eigenvalue weighted by Gasteiger charge is 2.50. The summed E-state index contributed by atoms with van der Waals surface area (Å²) in [6.45, 7) is 0.331. The molecule has 0 aliphatic heterocycles. The monoisotopic (exact) mass is 324 g/mol. The molecule has 0 amide bonds. The molecule has 2 fully saturated rings. The maximum Gasteiger partial charge on any atom is 0.133 e. The lowest BCUT2D eigenvalue weighted by atomic mass is 9.70. The fraction of sp³-hybridized carbons (Fsp3) is 0.625. The second-order valence-electron chi connectivity index (χ2n) is 6.25. The minimum atomic E-state index is 0.136. The van der Waals surface area contributed by atoms with E-state index in [1.54, 1.807) is 7.11 Å². The van der Waals surface area contributed by atoms with Crippen molar-refractivity contribution in [3.05, 3.63) is 28.2 Å². The Kier molecular flexibility index (Phi) is 3.61. The van der Waals surface area contributed by atoms with Gasteiger partial charge in [-0.1, -0.05) is 12.5 Å². The molecule has 2 saturated carbocycles. The molecular formula is C16H21BrO2. The van der Waals surface area contributed by atoms with E-state index in [4.69, 9.17) is 4.74 Å². The molecule has 1 aromatic rings. The van der Waals surface area contributed by atoms with E-state index in [1.807, 2.05) is 6.07 Å². The molecule has 2 aliphatic carbocycles. The minimum absolute atomic E-state index is 0.136. The lowest BCUT2D eigenvalue weighted by Crippen LogP contribution is -2.34. The number of fused-ring (bicyclic) bond motifs is 2. The van der Waals surface area contributed by atoms with Crippen molar-refractivity contribution in [3.63, 3.8) is 0 Å². The molecule has 19 heavy (non-hydrogen) atoms. The molecule has 0 spiro atoms. The normalized spacial score (nSPS) is 32.8. The van der Waals surface area contributed by atoms with Crippen molar-refractivity contribution in [1.29, 1.82) is 0 Å². The Morgan fingerprint density at radius 1 is 1.42 bits per heavy atom. The molecule has 1 aromatic carbocycles. The standard InChI is InChI=1S/C16H21BrO2/c1-19-15-5-3-12(7-14(15)17)9-16(10-18)8-11-2-4-13(16)6-11/h3,5,7,11,13,18H,2,4,6,8-10H2,1H3. The third kappa shape index (κ3) is 2.31. The fourth-order valence-electron chi connectivity index (χ4n) is 4.25. The van der Waals surface area contributed by atoms with Gasteiger partial charge in [-0.05, 0) is 71.1 Å². The number of ether oxygens (including phenoxy) is 1. The Morgan fingerprint density at radius 2 is 2.26 bits per heavy atom. The summed E-state index contributed by atoms with van der Waals surface area (Å²) in [7, 11) is 1.69. The highest BCUT2D eigenvalue weighted by atomic mass is 79.9. The van der Waals surface area contributed by atoms with Crippen LogP contribution in [0.3, 0.4) is 0 Å². The summed E-state index contributed by atoms with van der Waals surface area (Å²) < 4.78 is 6.28. The molecular weight excluding hydrogens is 304 g/mol. The van der Waals surface area contributed by atoms with Gasteiger partial charge in [0.2, 0.25) is 0 Å². The SMILES string of the molecule is COc1ccc(CC2(CO)CC3CCC2C3)cc1Br. The molecule has 0 heterocycles. The molecule has 3 atom stereocenters. The molecule has 104 valence electrons. The average Bonchev–Trinajstić information content (AvgIpc) is 3.00. The highest BCUT2D eigenvalue weighted by Crippen LogP contribution is 2.57. The predicted molar refractivity (Wildman–Crippen MR) is 79.4 cm³/mol. The van der Waals surface area contributed by atoms with Gasteiger partial charge in [-0.2, -0.15) is 0 Å². The third-order valence-corrected chi connectivity index (χ3v) is 5.81. The van der Waals surface area contributed by atoms with E-state index in [-0.39, 0.29) is 5.41 Å². The number of benzene rings is 1. The fourth-order valence-corrected chi connectivity index (χ4v) is 4.84. The van der Waals surface area contributed by atoms with Gasteiger partial charge in [0.15, 0.2) is 0 Å². The predicted octanol–water partition coefficient (Wildman–Crippen LogP) is 3.80. The molecule has 3 rings (SSSR count). The number of hydrogen-bond donors (Lipinski definition) is 1. The van der Waals surface area contributed by atoms with Crippen LogP contribution in [-0.4, -0.2) is 18.8 Å². The zero-order chi connectivity index (χ0) is 13.5. The van der Waals surface area contributed by atoms with E-state index in [0.717, 1.165) is 28.5 Å². The Balaban J connectivity index is 1.82. The van der Waals surface area contributed by atoms with E-state index >= 15 is 0 Å². The number of rotatable bonds is 4. The van der Waals surface area contributed by atoms with Crippen molar-refractivity contribution in [1.82, 2.24) is 0 Å². The van der Waals surface area contributed by atoms with Gasteiger partial charge in [0.1, 0.15) is 5.75 Å². The second-order valence-corrected chi connectivity index (χ2v) is 7.10. The van der Waals surface area contributed by atoms with Crippen LogP contribution in [0.15, 0.2) is 22.7 Å². The molecule has 3 unspecified atom stereocenters. The summed E-state index contributed by atoms with van der Waals surface area (Å²) in [6.07, 6.45) is 6.21. The zero-order valence-corrected chi connectivity index (χ0v) is 12.9. The summed E-state index contributed by atoms with van der Waals surface area (Å²) in [5.74, 6) is 2.46. The van der Waals surface area contributed by atoms with E-state index in [9.17, 15) is 5.11 Å². The van der Waals surface area contributed by atoms with Gasteiger partial charge in [-0.3, -0.25) is 0 Å². The molecule has 0 aromatic heterocycles. The Morgan fingerprint density at radius 3 is 2.79 bits per heavy atom. The molecule has 1 N–H and O–H groups in total. The lowest BCUT2D eigenvalue weighted by Gasteiger charge is -2.36. The van der Waals surface area contributed by atoms with Crippen molar-refractivity contribution < 1.29 is 9.84 Å². The van der Waals surface area contributed by atoms with Crippen molar-refractivity contribution in [2.45, 2.75) is 32.1 Å². The van der Waals surface area contributed by atoms with Gasteiger partial charge in [0.05, 0.1) is 11.6 Å². The Bertz CT molecular complexity index is 474. The van der Waals surface area contributed by atoms with E-state index in [1.165, 1.54) is 31.2 Å². The summed E-state index contributed by atoms with van der Waals surface area (Å²) in [5.41, 5.74) is 1.44. The summed E-state index contributed by atoms with van der Waals surface area (Å²) >= 11 is 3.55. The largest absolute Gasteiger partial charge is 0.496 e. The summed E-state index contributed by atoms with van der Waals surface area (Å²) in [5, 5.41) is 9.93. The van der Waals surface area contributed by atoms with Crippen LogP contribution < -0.4 is 4.74 Å². The van der Waals surface area contributed by atoms with Crippen molar-refractivity contribution in [3.8, 4) is 5.75 Å². The van der Waals surface area contributed by atoms with Gasteiger partial charge < -0.3 is 9.84 Å². The molecule has 0 saturated heterocycles. The zero-order valence-electron chi connectivity index (χ0n) is 11.4. The molecule has 2 nitrogen and oxygen atoms in total. The van der Waals surface area contributed by atoms with Crippen molar-refractivity contribution in [2.24, 2.45) is 17.3 Å². The topological polar surface area (TPSA) is 29.5 Å². The first-order valence-corrected chi connectivity index (χ1v) is 7.89. The third-order valence-electron chi connectivity index (χ3n) is 5.19. The quantitative estimate of drug-likeness (QED) is 0.912. The second kappa shape index (κ2) is 5.10. The smallest absolute Gasteiger partial charge is 0.133 e. The molecule has 2 aliphatic rings. The van der Waals surface area contributed by atoms with Gasteiger partial charge in [-0.25, -0.2) is 0 Å². The van der Waals surface area contributed by atoms with Gasteiger partial charge in [0, 0.05) is 12.0 Å². The lowest BCUT2D eigenvalue weighted by molar-refractivity contribution is 0.0651. The summed E-state index contributed by atoms with van der Waals surface area (Å²) in [6, 6.07) is 6.28. The summed E-state index contributed by atoms with van der Waals surface area (Å²) in [4.78, 5) is 0. The van der Waals surface area contributed by atoms with Crippen molar-refractivity contribution >= 4 is 15.9 Å². The van der Waals surface area contributed by atoms with Crippen LogP contribution in [0.25, 0.3) is 0 Å². The van der Waals surface area contributed by atoms with Crippen LogP contribution in [-0.2, 0) is 6.42 Å². The maximum atomic E-state index is 9.93. The van der Waals surface area contributed by atoms with Crippen LogP contribution >= 0.6 is 15.9 Å². The van der Waals surface area contributed by atoms with Crippen LogP contribution in [0, 0.1) is 17.3 Å². The average molecular weight is 325 g/mol. The maximum absolute atomic E-state index is 9.93. The van der Waals surface area contributed by atoms with E-state index in [2.05, 4.69) is 28.1 Å². The van der Waals surface area contributed by atoms with Crippen LogP contribution in [0.5, 0.6) is 5.75 Å². The van der Waals surface area contributed by atoms with Gasteiger partial charge >= 0.3 is 0 Å². The van der Waals surface area contributed by atoms with E-state index < -0.39 is 0 Å². The Hall–Kier alpha value is -0.540. The van der Waals surface area contributed by atoms with Crippen LogP contribution in [0.2, 0.25) is 0 Å². The molecule has 3 heteroatoms. The molecule has 2 bridgehead atoms. The number of hydrogen-bond acceptors (Lipinski definition) is 2. The first-order chi connectivity index (χ1) is 9.16. The number of aliphatic hydroxyl groups excluding tert-OH is 1. The number of methoxy groups -OCH3 is 1. The first-order valence-electron chi connectivity index (χ1n) is 7.10.